The molecule has 0 aliphatic carbocycles. The first kappa shape index (κ1) is 15.5. The van der Waals surface area contributed by atoms with Gasteiger partial charge in [-0.15, -0.1) is 0 Å². The van der Waals surface area contributed by atoms with Crippen LogP contribution < -0.4 is 5.32 Å². The number of amides is 2. The topological polar surface area (TPSA) is 71.3 Å². The predicted molar refractivity (Wildman–Crippen MR) is 85.6 cm³/mol. The molecule has 2 aromatic rings. The Morgan fingerprint density at radius 2 is 2.26 bits per heavy atom. The maximum Gasteiger partial charge on any atom is 0.318 e. The van der Waals surface area contributed by atoms with Crippen LogP contribution in [0.1, 0.15) is 48.9 Å². The SMILES string of the molecule is Cc1ccc([C@@H]2CCCCCN2C(=O)NCc2cccnn2)o1. The second-order valence-corrected chi connectivity index (χ2v) is 5.88. The summed E-state index contributed by atoms with van der Waals surface area (Å²) < 4.78 is 5.78. The number of nitrogens with one attached hydrogen (secondary N) is 1. The Morgan fingerprint density at radius 1 is 1.35 bits per heavy atom. The number of hydrogen-bond donors (Lipinski definition) is 1. The van der Waals surface area contributed by atoms with Gasteiger partial charge in [0, 0.05) is 12.7 Å². The first-order valence-corrected chi connectivity index (χ1v) is 8.11. The minimum absolute atomic E-state index is 0.00746. The molecule has 1 N–H and O–H groups in total. The van der Waals surface area contributed by atoms with Crippen molar-refractivity contribution >= 4 is 6.03 Å². The lowest BCUT2D eigenvalue weighted by molar-refractivity contribution is 0.165. The lowest BCUT2D eigenvalue weighted by atomic mass is 10.1. The van der Waals surface area contributed by atoms with E-state index in [9.17, 15) is 4.79 Å². The zero-order valence-corrected chi connectivity index (χ0v) is 13.4. The van der Waals surface area contributed by atoms with Gasteiger partial charge in [0.1, 0.15) is 11.5 Å². The fraction of sp³-hybridized carbons (Fsp3) is 0.471. The summed E-state index contributed by atoms with van der Waals surface area (Å²) in [7, 11) is 0. The van der Waals surface area contributed by atoms with Crippen LogP contribution in [0, 0.1) is 6.92 Å². The Bertz CT molecular complexity index is 641. The number of likely N-dealkylation sites (tertiary alicyclic amines) is 1. The number of aromatic nitrogens is 2. The van der Waals surface area contributed by atoms with Crippen molar-refractivity contribution in [1.29, 1.82) is 0 Å². The van der Waals surface area contributed by atoms with Crippen LogP contribution >= 0.6 is 0 Å². The molecule has 6 heteroatoms. The Hall–Kier alpha value is -2.37. The molecule has 3 rings (SSSR count). The average Bonchev–Trinajstić information content (AvgIpc) is 2.85. The number of nitrogens with zero attached hydrogens (tertiary/aromatic N) is 3. The molecule has 1 aliphatic rings. The van der Waals surface area contributed by atoms with Gasteiger partial charge in [-0.2, -0.15) is 10.2 Å². The largest absolute Gasteiger partial charge is 0.464 e. The molecule has 23 heavy (non-hydrogen) atoms. The van der Waals surface area contributed by atoms with E-state index < -0.39 is 0 Å². The number of furan rings is 1. The van der Waals surface area contributed by atoms with Crippen LogP contribution in [0.2, 0.25) is 0 Å². The first-order valence-electron chi connectivity index (χ1n) is 8.11. The first-order chi connectivity index (χ1) is 11.2. The molecular formula is C17H22N4O2. The third-order valence-electron chi connectivity index (χ3n) is 4.15. The molecule has 0 saturated carbocycles. The van der Waals surface area contributed by atoms with Gasteiger partial charge in [0.2, 0.25) is 0 Å². The van der Waals surface area contributed by atoms with Crippen LogP contribution in [0.5, 0.6) is 0 Å². The van der Waals surface area contributed by atoms with Crippen LogP contribution in [-0.4, -0.2) is 27.7 Å². The van der Waals surface area contributed by atoms with Crippen LogP contribution in [0.15, 0.2) is 34.9 Å². The quantitative estimate of drug-likeness (QED) is 0.944. The Labute approximate surface area is 135 Å². The van der Waals surface area contributed by atoms with Crippen molar-refractivity contribution in [2.24, 2.45) is 0 Å². The van der Waals surface area contributed by atoms with Crippen molar-refractivity contribution in [3.63, 3.8) is 0 Å². The second kappa shape index (κ2) is 7.26. The summed E-state index contributed by atoms with van der Waals surface area (Å²) in [6, 6.07) is 7.53. The number of carbonyl (C=O) groups excluding carboxylic acids is 1. The summed E-state index contributed by atoms with van der Waals surface area (Å²) in [5, 5.41) is 10.8. The molecule has 0 aromatic carbocycles. The molecule has 1 fully saturated rings. The molecule has 1 aliphatic heterocycles. The predicted octanol–water partition coefficient (Wildman–Crippen LogP) is 3.20. The number of urea groups is 1. The van der Waals surface area contributed by atoms with Gasteiger partial charge in [-0.05, 0) is 44.0 Å². The van der Waals surface area contributed by atoms with Crippen molar-refractivity contribution in [3.8, 4) is 0 Å². The minimum Gasteiger partial charge on any atom is -0.464 e. The normalized spacial score (nSPS) is 18.5. The second-order valence-electron chi connectivity index (χ2n) is 5.88. The number of rotatable bonds is 3. The van der Waals surface area contributed by atoms with Gasteiger partial charge in [-0.25, -0.2) is 4.79 Å². The van der Waals surface area contributed by atoms with Crippen LogP contribution in [0.3, 0.4) is 0 Å². The molecular weight excluding hydrogens is 292 g/mol. The molecule has 1 atom stereocenters. The highest BCUT2D eigenvalue weighted by atomic mass is 16.3. The van der Waals surface area contributed by atoms with Crippen LogP contribution in [0.25, 0.3) is 0 Å². The molecule has 0 radical (unpaired) electrons. The molecule has 0 unspecified atom stereocenters. The summed E-state index contributed by atoms with van der Waals surface area (Å²) in [5.41, 5.74) is 0.751. The monoisotopic (exact) mass is 314 g/mol. The standard InChI is InChI=1S/C17H22N4O2/c1-13-8-9-16(23-13)15-7-3-2-4-11-21(15)17(22)18-12-14-6-5-10-19-20-14/h5-6,8-10,15H,2-4,7,11-12H2,1H3,(H,18,22)/t15-/m0/s1. The van der Waals surface area contributed by atoms with Gasteiger partial charge in [0.15, 0.2) is 0 Å². The van der Waals surface area contributed by atoms with E-state index in [4.69, 9.17) is 4.42 Å². The molecule has 2 amide bonds. The minimum atomic E-state index is -0.0726. The summed E-state index contributed by atoms with van der Waals surface area (Å²) in [6.07, 6.45) is 5.83. The Kier molecular flexibility index (Phi) is 4.90. The number of aryl methyl sites for hydroxylation is 1. The molecule has 0 spiro atoms. The molecule has 6 nitrogen and oxygen atoms in total. The van der Waals surface area contributed by atoms with Crippen LogP contribution in [-0.2, 0) is 6.54 Å². The van der Waals surface area contributed by atoms with Gasteiger partial charge < -0.3 is 14.6 Å². The fourth-order valence-electron chi connectivity index (χ4n) is 2.98. The van der Waals surface area contributed by atoms with E-state index in [1.807, 2.05) is 36.1 Å². The van der Waals surface area contributed by atoms with Crippen molar-refractivity contribution < 1.29 is 9.21 Å². The van der Waals surface area contributed by atoms with E-state index in [1.165, 1.54) is 0 Å². The molecule has 122 valence electrons. The lowest BCUT2D eigenvalue weighted by Crippen LogP contribution is -2.42. The zero-order chi connectivity index (χ0) is 16.1. The van der Waals surface area contributed by atoms with E-state index >= 15 is 0 Å². The third kappa shape index (κ3) is 3.88. The molecule has 2 aromatic heterocycles. The molecule has 3 heterocycles. The van der Waals surface area contributed by atoms with E-state index in [-0.39, 0.29) is 12.1 Å². The van der Waals surface area contributed by atoms with Gasteiger partial charge in [-0.1, -0.05) is 12.8 Å². The fourth-order valence-corrected chi connectivity index (χ4v) is 2.98. The summed E-state index contributed by atoms with van der Waals surface area (Å²) >= 11 is 0. The van der Waals surface area contributed by atoms with Gasteiger partial charge in [0.05, 0.1) is 18.3 Å². The van der Waals surface area contributed by atoms with E-state index in [0.717, 1.165) is 49.4 Å². The van der Waals surface area contributed by atoms with Crippen molar-refractivity contribution in [3.05, 3.63) is 47.7 Å². The highest BCUT2D eigenvalue weighted by Gasteiger charge is 2.28. The van der Waals surface area contributed by atoms with Crippen LogP contribution in [0.4, 0.5) is 4.79 Å². The Balaban J connectivity index is 1.70. The van der Waals surface area contributed by atoms with Gasteiger partial charge in [-0.3, -0.25) is 0 Å². The van der Waals surface area contributed by atoms with E-state index in [2.05, 4.69) is 15.5 Å². The van der Waals surface area contributed by atoms with Crippen molar-refractivity contribution in [2.75, 3.05) is 6.54 Å². The van der Waals surface area contributed by atoms with Gasteiger partial charge in [0.25, 0.3) is 0 Å². The molecule has 1 saturated heterocycles. The number of carbonyl (C=O) groups is 1. The summed E-state index contributed by atoms with van der Waals surface area (Å²) in [4.78, 5) is 14.5. The molecule has 0 bridgehead atoms. The average molecular weight is 314 g/mol. The Morgan fingerprint density at radius 3 is 3.00 bits per heavy atom. The third-order valence-corrected chi connectivity index (χ3v) is 4.15. The smallest absolute Gasteiger partial charge is 0.318 e. The summed E-state index contributed by atoms with van der Waals surface area (Å²) in [6.45, 7) is 3.06. The number of hydrogen-bond acceptors (Lipinski definition) is 4. The van der Waals surface area contributed by atoms with Crippen molar-refractivity contribution in [2.45, 2.75) is 45.2 Å². The highest BCUT2D eigenvalue weighted by molar-refractivity contribution is 5.74. The zero-order valence-electron chi connectivity index (χ0n) is 13.4. The van der Waals surface area contributed by atoms with E-state index in [0.29, 0.717) is 6.54 Å². The van der Waals surface area contributed by atoms with Crippen molar-refractivity contribution in [1.82, 2.24) is 20.4 Å². The lowest BCUT2D eigenvalue weighted by Gasteiger charge is -2.28. The highest BCUT2D eigenvalue weighted by Crippen LogP contribution is 2.31. The van der Waals surface area contributed by atoms with E-state index in [1.54, 1.807) is 6.20 Å². The van der Waals surface area contributed by atoms with Gasteiger partial charge >= 0.3 is 6.03 Å². The maximum atomic E-state index is 12.6. The summed E-state index contributed by atoms with van der Waals surface area (Å²) in [5.74, 6) is 1.75. The maximum absolute atomic E-state index is 12.6.